The molecule has 0 spiro atoms. The lowest BCUT2D eigenvalue weighted by molar-refractivity contribution is -0.134. The number of Topliss-reactive ketones (excluding diaryl/α,β-unsaturated/α-hetero) is 2. The number of carboxylic acid groups (broad SMARTS) is 1. The molecular weight excluding hydrogens is 602 g/mol. The number of amides is 1. The minimum Gasteiger partial charge on any atom is -0.465 e. The Kier molecular flexibility index (Phi) is 9.77. The summed E-state index contributed by atoms with van der Waals surface area (Å²) >= 11 is 3.54. The summed E-state index contributed by atoms with van der Waals surface area (Å²) in [4.78, 5) is 39.8. The molecule has 3 rings (SSSR count). The molecule has 1 N–H and O–H groups in total. The third-order valence-corrected chi connectivity index (χ3v) is 13.0. The normalized spacial score (nSPS) is 13.3. The molecule has 0 radical (unpaired) electrons. The van der Waals surface area contributed by atoms with Gasteiger partial charge in [-0.3, -0.25) is 14.5 Å². The molecule has 1 amide bonds. The van der Waals surface area contributed by atoms with Crippen molar-refractivity contribution in [1.29, 1.82) is 0 Å². The Morgan fingerprint density at radius 1 is 1.00 bits per heavy atom. The minimum atomic E-state index is -2.15. The highest BCUT2D eigenvalue weighted by molar-refractivity contribution is 9.10. The molecule has 7 nitrogen and oxygen atoms in total. The van der Waals surface area contributed by atoms with Crippen LogP contribution in [0.5, 0.6) is 0 Å². The van der Waals surface area contributed by atoms with Gasteiger partial charge in [0.1, 0.15) is 11.5 Å². The predicted molar refractivity (Wildman–Crippen MR) is 170 cm³/mol. The van der Waals surface area contributed by atoms with Gasteiger partial charge < -0.3 is 13.9 Å². The number of carbonyl (C=O) groups is 3. The van der Waals surface area contributed by atoms with Gasteiger partial charge in [-0.25, -0.2) is 4.79 Å². The van der Waals surface area contributed by atoms with E-state index in [0.29, 0.717) is 21.7 Å². The van der Waals surface area contributed by atoms with Crippen LogP contribution in [0.4, 0.5) is 10.5 Å². The number of nitrogens with zero attached hydrogens (tertiary/aromatic N) is 1. The number of ketones is 2. The number of hydrogen-bond donors (Lipinski definition) is 1. The van der Waals surface area contributed by atoms with Crippen LogP contribution in [-0.2, 0) is 20.4 Å². The molecule has 0 aliphatic carbocycles. The van der Waals surface area contributed by atoms with E-state index in [-0.39, 0.29) is 36.1 Å². The first-order valence-electron chi connectivity index (χ1n) is 13.9. The van der Waals surface area contributed by atoms with Crippen molar-refractivity contribution in [1.82, 2.24) is 0 Å². The van der Waals surface area contributed by atoms with Crippen molar-refractivity contribution in [3.63, 3.8) is 0 Å². The van der Waals surface area contributed by atoms with Crippen molar-refractivity contribution in [2.24, 2.45) is 5.92 Å². The number of rotatable bonds is 10. The van der Waals surface area contributed by atoms with Gasteiger partial charge >= 0.3 is 6.09 Å². The van der Waals surface area contributed by atoms with Gasteiger partial charge in [-0.2, -0.15) is 0 Å². The Morgan fingerprint density at radius 2 is 1.63 bits per heavy atom. The molecule has 1 aromatic heterocycles. The average molecular weight is 645 g/mol. The first-order chi connectivity index (χ1) is 18.9. The molecule has 0 aliphatic rings. The molecule has 1 atom stereocenters. The fraction of sp³-hybridized carbons (Fsp3) is 0.469. The Bertz CT molecular complexity index is 1450. The number of furan rings is 1. The zero-order chi connectivity index (χ0) is 30.9. The van der Waals surface area contributed by atoms with Crippen LogP contribution in [0.1, 0.15) is 60.5 Å². The smallest absolute Gasteiger partial charge is 0.412 e. The van der Waals surface area contributed by atoms with E-state index in [0.717, 1.165) is 16.3 Å². The van der Waals surface area contributed by atoms with E-state index in [4.69, 9.17) is 8.84 Å². The summed E-state index contributed by atoms with van der Waals surface area (Å²) in [6.07, 6.45) is -0.526. The number of hydrogen-bond acceptors (Lipinski definition) is 5. The number of anilines is 1. The van der Waals surface area contributed by atoms with E-state index in [1.54, 1.807) is 19.1 Å². The zero-order valence-electron chi connectivity index (χ0n) is 25.6. The van der Waals surface area contributed by atoms with Crippen molar-refractivity contribution < 1.29 is 28.3 Å². The fourth-order valence-corrected chi connectivity index (χ4v) is 5.97. The zero-order valence-corrected chi connectivity index (χ0v) is 28.1. The van der Waals surface area contributed by atoms with E-state index in [1.165, 1.54) is 4.90 Å². The Hall–Kier alpha value is -2.75. The van der Waals surface area contributed by atoms with Crippen LogP contribution >= 0.6 is 15.9 Å². The molecule has 0 fully saturated rings. The summed E-state index contributed by atoms with van der Waals surface area (Å²) in [5.41, 5.74) is 1.30. The van der Waals surface area contributed by atoms with Crippen LogP contribution in [0.2, 0.25) is 18.1 Å². The van der Waals surface area contributed by atoms with Gasteiger partial charge in [0.05, 0.1) is 18.2 Å². The summed E-state index contributed by atoms with van der Waals surface area (Å²) < 4.78 is 12.8. The third-order valence-electron chi connectivity index (χ3n) is 7.93. The van der Waals surface area contributed by atoms with Gasteiger partial charge in [0.2, 0.25) is 0 Å². The predicted octanol–water partition coefficient (Wildman–Crippen LogP) is 8.87. The first kappa shape index (κ1) is 32.8. The molecule has 41 heavy (non-hydrogen) atoms. The number of fused-ring (bicyclic) bond motifs is 1. The maximum absolute atomic E-state index is 13.3. The molecule has 0 saturated heterocycles. The monoisotopic (exact) mass is 643 g/mol. The van der Waals surface area contributed by atoms with Gasteiger partial charge in [-0.15, -0.1) is 0 Å². The Balaban J connectivity index is 1.99. The van der Waals surface area contributed by atoms with Crippen LogP contribution in [-0.4, -0.2) is 43.2 Å². The largest absolute Gasteiger partial charge is 0.465 e. The molecule has 9 heteroatoms. The third kappa shape index (κ3) is 7.19. The van der Waals surface area contributed by atoms with E-state index in [9.17, 15) is 19.5 Å². The van der Waals surface area contributed by atoms with Crippen molar-refractivity contribution in [3.8, 4) is 11.3 Å². The summed E-state index contributed by atoms with van der Waals surface area (Å²) in [6.45, 7) is 17.8. The molecule has 0 bridgehead atoms. The first-order valence-corrected chi connectivity index (χ1v) is 17.6. The molecule has 0 saturated carbocycles. The van der Waals surface area contributed by atoms with Crippen molar-refractivity contribution in [2.75, 3.05) is 11.5 Å². The topological polar surface area (TPSA) is 97.0 Å². The maximum atomic E-state index is 13.3. The van der Waals surface area contributed by atoms with Gasteiger partial charge in [0.15, 0.2) is 18.8 Å². The quantitative estimate of drug-likeness (QED) is 0.175. The van der Waals surface area contributed by atoms with Crippen LogP contribution < -0.4 is 4.90 Å². The summed E-state index contributed by atoms with van der Waals surface area (Å²) in [5.74, 6) is -0.558. The molecule has 222 valence electrons. The van der Waals surface area contributed by atoms with E-state index < -0.39 is 25.9 Å². The second-order valence-corrected chi connectivity index (χ2v) is 18.5. The molecular formula is C32H42BrNO6Si. The van der Waals surface area contributed by atoms with Crippen LogP contribution in [0.15, 0.2) is 51.6 Å². The molecule has 2 aromatic carbocycles. The van der Waals surface area contributed by atoms with E-state index in [1.807, 2.05) is 51.1 Å². The number of halogens is 1. The SMILES string of the molecule is CCC(=O)C(Cc1ccc2c(-c3ccccc3N(C(=O)O)C(C)(C)C)oc(Br)c2c1)C(=O)CO[Si](C)(C)C(C)(C)C. The van der Waals surface area contributed by atoms with Crippen molar-refractivity contribution in [3.05, 3.63) is 52.7 Å². The van der Waals surface area contributed by atoms with Crippen LogP contribution in [0, 0.1) is 5.92 Å². The Labute approximate surface area is 252 Å². The average Bonchev–Trinajstić information content (AvgIpc) is 3.19. The summed E-state index contributed by atoms with van der Waals surface area (Å²) in [6, 6.07) is 13.0. The van der Waals surface area contributed by atoms with Gasteiger partial charge in [0.25, 0.3) is 0 Å². The summed E-state index contributed by atoms with van der Waals surface area (Å²) in [5, 5.41) is 11.6. The lowest BCUT2D eigenvalue weighted by atomic mass is 9.89. The second-order valence-electron chi connectivity index (χ2n) is 13.0. The van der Waals surface area contributed by atoms with Crippen molar-refractivity contribution in [2.45, 2.75) is 85.0 Å². The lowest BCUT2D eigenvalue weighted by Gasteiger charge is -2.36. The summed E-state index contributed by atoms with van der Waals surface area (Å²) in [7, 11) is -2.15. The molecule has 1 heterocycles. The van der Waals surface area contributed by atoms with Gasteiger partial charge in [-0.05, 0) is 85.0 Å². The second kappa shape index (κ2) is 12.2. The maximum Gasteiger partial charge on any atom is 0.412 e. The lowest BCUT2D eigenvalue weighted by Crippen LogP contribution is -2.45. The minimum absolute atomic E-state index is 0.0408. The molecule has 3 aromatic rings. The van der Waals surface area contributed by atoms with Crippen molar-refractivity contribution >= 4 is 58.4 Å². The van der Waals surface area contributed by atoms with Crippen LogP contribution in [0.25, 0.3) is 22.1 Å². The highest BCUT2D eigenvalue weighted by Crippen LogP contribution is 2.43. The standard InChI is InChI=1S/C32H42BrNO6Si/c1-10-26(35)24(27(36)19-39-41(8,9)32(5,6)7)18-20-15-16-21-23(17-20)29(33)40-28(21)22-13-11-12-14-25(22)34(30(37)38)31(2,3)4/h11-17,24H,10,18-19H2,1-9H3,(H,37,38). The highest BCUT2D eigenvalue weighted by Gasteiger charge is 2.38. The number of para-hydroxylation sites is 1. The fourth-order valence-electron chi connectivity index (χ4n) is 4.55. The number of carbonyl (C=O) groups excluding carboxylic acids is 2. The van der Waals surface area contributed by atoms with E-state index in [2.05, 4.69) is 49.8 Å². The number of benzene rings is 2. The van der Waals surface area contributed by atoms with Crippen LogP contribution in [0.3, 0.4) is 0 Å². The van der Waals surface area contributed by atoms with Gasteiger partial charge in [-0.1, -0.05) is 52.0 Å². The van der Waals surface area contributed by atoms with Gasteiger partial charge in [0, 0.05) is 28.3 Å². The molecule has 1 unspecified atom stereocenters. The van der Waals surface area contributed by atoms with E-state index >= 15 is 0 Å². The Morgan fingerprint density at radius 3 is 2.20 bits per heavy atom. The highest BCUT2D eigenvalue weighted by atomic mass is 79.9. The molecule has 0 aliphatic heterocycles.